The monoisotopic (exact) mass is 196 g/mol. The molecule has 0 aliphatic heterocycles. The lowest BCUT2D eigenvalue weighted by atomic mass is 10.3. The van der Waals surface area contributed by atoms with Gasteiger partial charge in [0.1, 0.15) is 0 Å². The van der Waals surface area contributed by atoms with E-state index in [2.05, 4.69) is 15.0 Å². The Balaban J connectivity index is 2.83. The molecule has 74 valence electrons. The van der Waals surface area contributed by atoms with E-state index in [4.69, 9.17) is 5.11 Å². The highest BCUT2D eigenvalue weighted by Gasteiger charge is 2.06. The van der Waals surface area contributed by atoms with Crippen LogP contribution >= 0.6 is 0 Å². The number of methoxy groups -OCH3 is 1. The van der Waals surface area contributed by atoms with Crippen molar-refractivity contribution in [3.8, 4) is 0 Å². The molecular formula is C8H8N2O4. The van der Waals surface area contributed by atoms with Gasteiger partial charge in [-0.1, -0.05) is 0 Å². The smallest absolute Gasteiger partial charge is 0.411 e. The third-order valence-electron chi connectivity index (χ3n) is 1.42. The van der Waals surface area contributed by atoms with Gasteiger partial charge in [0.25, 0.3) is 0 Å². The molecule has 6 nitrogen and oxygen atoms in total. The predicted molar refractivity (Wildman–Crippen MR) is 47.2 cm³/mol. The lowest BCUT2D eigenvalue weighted by Crippen LogP contribution is -2.11. The first kappa shape index (κ1) is 9.97. The van der Waals surface area contributed by atoms with Crippen molar-refractivity contribution in [1.82, 2.24) is 4.98 Å². The van der Waals surface area contributed by atoms with Crippen molar-refractivity contribution in [2.24, 2.45) is 0 Å². The molecule has 2 N–H and O–H groups in total. The number of rotatable bonds is 2. The van der Waals surface area contributed by atoms with E-state index >= 15 is 0 Å². The summed E-state index contributed by atoms with van der Waals surface area (Å²) in [5, 5.41) is 10.9. The third kappa shape index (κ3) is 2.44. The van der Waals surface area contributed by atoms with Crippen LogP contribution in [0.25, 0.3) is 0 Å². The van der Waals surface area contributed by atoms with Crippen LogP contribution in [0.2, 0.25) is 0 Å². The number of nitrogens with zero attached hydrogens (tertiary/aromatic N) is 1. The Morgan fingerprint density at radius 3 is 2.79 bits per heavy atom. The molecule has 0 aliphatic rings. The summed E-state index contributed by atoms with van der Waals surface area (Å²) in [7, 11) is 1.21. The number of anilines is 1. The fourth-order valence-corrected chi connectivity index (χ4v) is 0.794. The van der Waals surface area contributed by atoms with Crippen molar-refractivity contribution in [3.63, 3.8) is 0 Å². The normalized spacial score (nSPS) is 9.21. The molecule has 0 saturated carbocycles. The molecule has 14 heavy (non-hydrogen) atoms. The largest absolute Gasteiger partial charge is 0.478 e. The highest BCUT2D eigenvalue weighted by atomic mass is 16.5. The molecule has 0 atom stereocenters. The van der Waals surface area contributed by atoms with Crippen molar-refractivity contribution in [2.75, 3.05) is 12.4 Å². The number of hydrogen-bond donors (Lipinski definition) is 2. The number of carboxylic acid groups (broad SMARTS) is 1. The maximum absolute atomic E-state index is 10.8. The molecule has 1 aromatic heterocycles. The van der Waals surface area contributed by atoms with E-state index in [9.17, 15) is 9.59 Å². The van der Waals surface area contributed by atoms with Crippen LogP contribution in [0, 0.1) is 0 Å². The minimum atomic E-state index is -1.11. The molecular weight excluding hydrogens is 188 g/mol. The number of carboxylic acids is 1. The first-order valence-corrected chi connectivity index (χ1v) is 3.67. The number of pyridine rings is 1. The van der Waals surface area contributed by atoms with Crippen LogP contribution < -0.4 is 5.32 Å². The molecule has 0 radical (unpaired) electrons. The van der Waals surface area contributed by atoms with E-state index in [0.29, 0.717) is 0 Å². The lowest BCUT2D eigenvalue weighted by Gasteiger charge is -2.02. The van der Waals surface area contributed by atoms with Crippen molar-refractivity contribution in [2.45, 2.75) is 0 Å². The van der Waals surface area contributed by atoms with Crippen LogP contribution in [0.5, 0.6) is 0 Å². The maximum Gasteiger partial charge on any atom is 0.411 e. The first-order valence-electron chi connectivity index (χ1n) is 3.67. The fourth-order valence-electron chi connectivity index (χ4n) is 0.794. The van der Waals surface area contributed by atoms with E-state index in [1.165, 1.54) is 25.6 Å². The summed E-state index contributed by atoms with van der Waals surface area (Å²) in [5.41, 5.74) is 0.274. The third-order valence-corrected chi connectivity index (χ3v) is 1.42. The van der Waals surface area contributed by atoms with Crippen LogP contribution in [0.3, 0.4) is 0 Å². The number of aromatic nitrogens is 1. The van der Waals surface area contributed by atoms with E-state index in [1.807, 2.05) is 0 Å². The van der Waals surface area contributed by atoms with E-state index in [1.54, 1.807) is 0 Å². The minimum absolute atomic E-state index is 0.00102. The molecule has 0 aliphatic carbocycles. The summed E-state index contributed by atoms with van der Waals surface area (Å²) in [6.07, 6.45) is 1.84. The van der Waals surface area contributed by atoms with Gasteiger partial charge in [-0.3, -0.25) is 10.3 Å². The van der Waals surface area contributed by atoms with Crippen molar-refractivity contribution in [3.05, 3.63) is 24.0 Å². The van der Waals surface area contributed by atoms with Gasteiger partial charge < -0.3 is 9.84 Å². The van der Waals surface area contributed by atoms with E-state index in [0.717, 1.165) is 0 Å². The van der Waals surface area contributed by atoms with Crippen LogP contribution in [-0.2, 0) is 4.74 Å². The molecule has 6 heteroatoms. The Labute approximate surface area is 79.5 Å². The van der Waals surface area contributed by atoms with Gasteiger partial charge in [0.05, 0.1) is 24.6 Å². The average molecular weight is 196 g/mol. The Hall–Kier alpha value is -2.11. The molecule has 1 rings (SSSR count). The van der Waals surface area contributed by atoms with Gasteiger partial charge in [-0.2, -0.15) is 0 Å². The van der Waals surface area contributed by atoms with Crippen LogP contribution in [0.4, 0.5) is 10.5 Å². The quantitative estimate of drug-likeness (QED) is 0.735. The Morgan fingerprint density at radius 1 is 1.50 bits per heavy atom. The topological polar surface area (TPSA) is 88.5 Å². The zero-order valence-corrected chi connectivity index (χ0v) is 7.35. The lowest BCUT2D eigenvalue weighted by molar-refractivity contribution is 0.0696. The molecule has 1 amide bonds. The van der Waals surface area contributed by atoms with Gasteiger partial charge in [-0.15, -0.1) is 0 Å². The fraction of sp³-hybridized carbons (Fsp3) is 0.125. The van der Waals surface area contributed by atoms with E-state index in [-0.39, 0.29) is 11.3 Å². The second-order valence-electron chi connectivity index (χ2n) is 2.38. The molecule has 0 bridgehead atoms. The molecule has 0 spiro atoms. The van der Waals surface area contributed by atoms with Crippen LogP contribution in [-0.4, -0.2) is 29.3 Å². The molecule has 1 aromatic rings. The number of ether oxygens (including phenoxy) is 1. The second kappa shape index (κ2) is 4.22. The number of amides is 1. The van der Waals surface area contributed by atoms with Gasteiger partial charge in [-0.25, -0.2) is 9.59 Å². The number of hydrogen-bond acceptors (Lipinski definition) is 4. The van der Waals surface area contributed by atoms with Crippen LogP contribution in [0.1, 0.15) is 10.4 Å². The molecule has 0 saturated heterocycles. The zero-order chi connectivity index (χ0) is 10.6. The summed E-state index contributed by atoms with van der Waals surface area (Å²) in [5.74, 6) is -1.11. The molecule has 0 fully saturated rings. The highest BCUT2D eigenvalue weighted by Crippen LogP contribution is 2.08. The van der Waals surface area contributed by atoms with E-state index < -0.39 is 12.1 Å². The summed E-state index contributed by atoms with van der Waals surface area (Å²) >= 11 is 0. The number of aromatic carboxylic acids is 1. The standard InChI is InChI=1S/C8H8N2O4/c1-14-8(13)10-6-2-5(7(11)12)3-9-4-6/h2-4H,1H3,(H,10,13)(H,11,12). The van der Waals surface area contributed by atoms with Gasteiger partial charge >= 0.3 is 12.1 Å². The maximum atomic E-state index is 10.8. The van der Waals surface area contributed by atoms with Crippen molar-refractivity contribution in [1.29, 1.82) is 0 Å². The molecule has 0 aromatic carbocycles. The molecule has 1 heterocycles. The Morgan fingerprint density at radius 2 is 2.21 bits per heavy atom. The Bertz CT molecular complexity index is 364. The highest BCUT2D eigenvalue weighted by molar-refractivity contribution is 5.90. The minimum Gasteiger partial charge on any atom is -0.478 e. The molecule has 0 unspecified atom stereocenters. The van der Waals surface area contributed by atoms with Gasteiger partial charge in [0.2, 0.25) is 0 Å². The number of nitrogens with one attached hydrogen (secondary N) is 1. The average Bonchev–Trinajstić information content (AvgIpc) is 2.18. The van der Waals surface area contributed by atoms with Crippen molar-refractivity contribution >= 4 is 17.7 Å². The summed E-state index contributed by atoms with van der Waals surface area (Å²) < 4.78 is 4.33. The summed E-state index contributed by atoms with van der Waals surface area (Å²) in [4.78, 5) is 24.9. The second-order valence-corrected chi connectivity index (χ2v) is 2.38. The predicted octanol–water partition coefficient (Wildman–Crippen LogP) is 0.958. The van der Waals surface area contributed by atoms with Crippen molar-refractivity contribution < 1.29 is 19.4 Å². The Kier molecular flexibility index (Phi) is 3.01. The van der Waals surface area contributed by atoms with Gasteiger partial charge in [0.15, 0.2) is 0 Å². The number of carbonyl (C=O) groups excluding carboxylic acids is 1. The summed E-state index contributed by atoms with van der Waals surface area (Å²) in [6, 6.07) is 1.28. The first-order chi connectivity index (χ1) is 6.63. The SMILES string of the molecule is COC(=O)Nc1cncc(C(=O)O)c1. The van der Waals surface area contributed by atoms with Gasteiger partial charge in [-0.05, 0) is 6.07 Å². The van der Waals surface area contributed by atoms with Gasteiger partial charge in [0, 0.05) is 6.20 Å². The number of carbonyl (C=O) groups is 2. The zero-order valence-electron chi connectivity index (χ0n) is 7.35. The summed E-state index contributed by atoms with van der Waals surface area (Å²) in [6.45, 7) is 0. The van der Waals surface area contributed by atoms with Crippen LogP contribution in [0.15, 0.2) is 18.5 Å².